The van der Waals surface area contributed by atoms with E-state index in [2.05, 4.69) is 73.4 Å². The highest BCUT2D eigenvalue weighted by Crippen LogP contribution is 2.30. The van der Waals surface area contributed by atoms with Gasteiger partial charge in [0, 0.05) is 0 Å². The number of carbonyl (C=O) groups is 2. The Morgan fingerprint density at radius 2 is 1.59 bits per heavy atom. The third kappa shape index (κ3) is 9.84. The molecule has 0 atom stereocenters. The SMILES string of the molecule is Nc1nc(Cl)ccc1Br.O=C(CBr)Nc1nc(Cl)ccc1Br.O=C1CSc2ccc(Cl)nc2N1. The van der Waals surface area contributed by atoms with Crippen LogP contribution in [0.5, 0.6) is 0 Å². The highest BCUT2D eigenvalue weighted by atomic mass is 79.9. The van der Waals surface area contributed by atoms with Crippen molar-refractivity contribution in [1.29, 1.82) is 0 Å². The monoisotopic (exact) mass is 732 g/mol. The zero-order valence-corrected chi connectivity index (χ0v) is 24.6. The summed E-state index contributed by atoms with van der Waals surface area (Å²) in [4.78, 5) is 34.5. The molecule has 0 bridgehead atoms. The largest absolute Gasteiger partial charge is 0.383 e. The van der Waals surface area contributed by atoms with E-state index in [0.717, 1.165) is 9.37 Å². The Morgan fingerprint density at radius 1 is 1.00 bits per heavy atom. The van der Waals surface area contributed by atoms with Gasteiger partial charge in [0.1, 0.15) is 32.9 Å². The lowest BCUT2D eigenvalue weighted by Gasteiger charge is -2.14. The zero-order valence-electron chi connectivity index (χ0n) is 16.8. The summed E-state index contributed by atoms with van der Waals surface area (Å²) < 4.78 is 1.47. The number of hydrogen-bond donors (Lipinski definition) is 3. The third-order valence-corrected chi connectivity index (χ3v) is 6.97. The minimum absolute atomic E-state index is 0.0257. The number of carbonyl (C=O) groups excluding carboxylic acids is 2. The van der Waals surface area contributed by atoms with E-state index >= 15 is 0 Å². The van der Waals surface area contributed by atoms with Crippen LogP contribution in [0.3, 0.4) is 0 Å². The van der Waals surface area contributed by atoms with Gasteiger partial charge < -0.3 is 16.4 Å². The fraction of sp³-hybridized carbons (Fsp3) is 0.105. The van der Waals surface area contributed by atoms with Gasteiger partial charge in [-0.05, 0) is 68.3 Å². The number of nitrogens with two attached hydrogens (primary N) is 1. The zero-order chi connectivity index (χ0) is 25.3. The van der Waals surface area contributed by atoms with Crippen LogP contribution in [-0.4, -0.2) is 37.8 Å². The van der Waals surface area contributed by atoms with E-state index < -0.39 is 0 Å². The summed E-state index contributed by atoms with van der Waals surface area (Å²) in [5, 5.41) is 6.60. The maximum atomic E-state index is 11.0. The summed E-state index contributed by atoms with van der Waals surface area (Å²) in [7, 11) is 0. The van der Waals surface area contributed by atoms with Crippen LogP contribution in [0.25, 0.3) is 0 Å². The first kappa shape index (κ1) is 29.1. The van der Waals surface area contributed by atoms with Crippen LogP contribution >= 0.6 is 94.4 Å². The summed E-state index contributed by atoms with van der Waals surface area (Å²) in [5.41, 5.74) is 5.38. The molecule has 8 nitrogen and oxygen atoms in total. The highest BCUT2D eigenvalue weighted by Gasteiger charge is 2.16. The van der Waals surface area contributed by atoms with Crippen LogP contribution in [-0.2, 0) is 9.59 Å². The van der Waals surface area contributed by atoms with Crippen LogP contribution in [0.2, 0.25) is 15.5 Å². The van der Waals surface area contributed by atoms with E-state index in [9.17, 15) is 9.59 Å². The maximum Gasteiger partial charge on any atom is 0.236 e. The number of nitrogens with one attached hydrogen (secondary N) is 2. The predicted octanol–water partition coefficient (Wildman–Crippen LogP) is 6.69. The van der Waals surface area contributed by atoms with Crippen molar-refractivity contribution in [2.45, 2.75) is 4.90 Å². The molecule has 1 aliphatic heterocycles. The van der Waals surface area contributed by atoms with Crippen LogP contribution in [0.15, 0.2) is 50.2 Å². The van der Waals surface area contributed by atoms with Gasteiger partial charge >= 0.3 is 0 Å². The van der Waals surface area contributed by atoms with Crippen molar-refractivity contribution < 1.29 is 9.59 Å². The molecule has 4 N–H and O–H groups in total. The topological polar surface area (TPSA) is 123 Å². The van der Waals surface area contributed by atoms with Crippen molar-refractivity contribution in [2.24, 2.45) is 0 Å². The number of anilines is 3. The molecule has 0 radical (unpaired) electrons. The number of alkyl halides is 1. The van der Waals surface area contributed by atoms with Crippen LogP contribution in [0.4, 0.5) is 17.5 Å². The summed E-state index contributed by atoms with van der Waals surface area (Å²) in [5.74, 6) is 1.68. The van der Waals surface area contributed by atoms with Crippen LogP contribution in [0, 0.1) is 0 Å². The average Bonchev–Trinajstić information content (AvgIpc) is 2.79. The van der Waals surface area contributed by atoms with Gasteiger partial charge in [-0.2, -0.15) is 0 Å². The lowest BCUT2D eigenvalue weighted by atomic mass is 10.4. The van der Waals surface area contributed by atoms with Gasteiger partial charge in [0.2, 0.25) is 11.8 Å². The Labute approximate surface area is 239 Å². The Bertz CT molecular complexity index is 1190. The van der Waals surface area contributed by atoms with Gasteiger partial charge in [0.15, 0.2) is 0 Å². The van der Waals surface area contributed by atoms with Crippen molar-refractivity contribution in [3.8, 4) is 0 Å². The molecular weight excluding hydrogens is 722 g/mol. The normalized spacial score (nSPS) is 11.6. The van der Waals surface area contributed by atoms with E-state index in [4.69, 9.17) is 40.5 Å². The second-order valence-corrected chi connectivity index (χ2v) is 10.4. The van der Waals surface area contributed by atoms with Crippen molar-refractivity contribution in [3.63, 3.8) is 0 Å². The number of nitrogen functional groups attached to an aromatic ring is 1. The first-order valence-electron chi connectivity index (χ1n) is 8.93. The van der Waals surface area contributed by atoms with E-state index in [1.807, 2.05) is 6.07 Å². The molecule has 0 spiro atoms. The third-order valence-electron chi connectivity index (χ3n) is 3.47. The van der Waals surface area contributed by atoms with E-state index in [0.29, 0.717) is 43.1 Å². The quantitative estimate of drug-likeness (QED) is 0.198. The molecule has 1 aliphatic rings. The number of fused-ring (bicyclic) bond motifs is 1. The van der Waals surface area contributed by atoms with E-state index in [-0.39, 0.29) is 17.1 Å². The Balaban J connectivity index is 0.000000183. The number of aromatic nitrogens is 3. The van der Waals surface area contributed by atoms with E-state index in [1.165, 1.54) is 11.8 Å². The number of halogens is 6. The Morgan fingerprint density at radius 3 is 2.21 bits per heavy atom. The average molecular weight is 736 g/mol. The first-order chi connectivity index (χ1) is 16.1. The van der Waals surface area contributed by atoms with E-state index in [1.54, 1.807) is 30.3 Å². The molecule has 3 aromatic rings. The summed E-state index contributed by atoms with van der Waals surface area (Å²) in [6.45, 7) is 0. The highest BCUT2D eigenvalue weighted by molar-refractivity contribution is 9.11. The number of pyridine rings is 3. The molecule has 0 aromatic carbocycles. The Kier molecular flexibility index (Phi) is 12.3. The number of hydrogen-bond acceptors (Lipinski definition) is 7. The van der Waals surface area contributed by atoms with Crippen LogP contribution in [0.1, 0.15) is 0 Å². The number of thioether (sulfide) groups is 1. The second kappa shape index (κ2) is 14.4. The molecule has 0 unspecified atom stereocenters. The molecule has 180 valence electrons. The molecule has 2 amide bonds. The lowest BCUT2D eigenvalue weighted by molar-refractivity contribution is -0.114. The smallest absolute Gasteiger partial charge is 0.236 e. The summed E-state index contributed by atoms with van der Waals surface area (Å²) >= 11 is 27.7. The van der Waals surface area contributed by atoms with Gasteiger partial charge in [-0.25, -0.2) is 15.0 Å². The molecule has 0 fully saturated rings. The number of amides is 2. The van der Waals surface area contributed by atoms with Crippen molar-refractivity contribution in [3.05, 3.63) is 60.8 Å². The lowest BCUT2D eigenvalue weighted by Crippen LogP contribution is -2.19. The van der Waals surface area contributed by atoms with Gasteiger partial charge in [0.25, 0.3) is 0 Å². The standard InChI is InChI=1S/C7H5Br2ClN2O.C7H5ClN2OS.C5H4BrClN2/c8-3-6(13)12-7-4(9)1-2-5(10)11-7;8-5-2-1-4-7(9-5)10-6(11)3-12-4;6-3-1-2-4(7)9-5(3)8/h1-2H,3H2,(H,11,12,13);1-2H,3H2,(H,9,10,11);1-2H,(H2,8,9). The maximum absolute atomic E-state index is 11.0. The molecule has 15 heteroatoms. The summed E-state index contributed by atoms with van der Waals surface area (Å²) in [6.07, 6.45) is 0. The number of rotatable bonds is 2. The van der Waals surface area contributed by atoms with Gasteiger partial charge in [-0.1, -0.05) is 50.7 Å². The van der Waals surface area contributed by atoms with Crippen molar-refractivity contribution in [1.82, 2.24) is 15.0 Å². The number of nitrogens with zero attached hydrogens (tertiary/aromatic N) is 3. The minimum Gasteiger partial charge on any atom is -0.383 e. The fourth-order valence-corrected chi connectivity index (χ4v) is 3.93. The first-order valence-corrected chi connectivity index (χ1v) is 13.8. The van der Waals surface area contributed by atoms with Gasteiger partial charge in [0.05, 0.1) is 24.9 Å². The molecule has 4 rings (SSSR count). The molecule has 4 heterocycles. The second-order valence-electron chi connectivity index (χ2n) is 5.96. The Hall–Kier alpha value is -1.15. The molecular formula is C19H14Br3Cl3N6O2S. The van der Waals surface area contributed by atoms with Gasteiger partial charge in [-0.3, -0.25) is 9.59 Å². The summed E-state index contributed by atoms with van der Waals surface area (Å²) in [6, 6.07) is 10.3. The molecule has 0 saturated heterocycles. The molecule has 0 aliphatic carbocycles. The van der Waals surface area contributed by atoms with Gasteiger partial charge in [-0.15, -0.1) is 11.8 Å². The molecule has 34 heavy (non-hydrogen) atoms. The molecule has 3 aromatic heterocycles. The van der Waals surface area contributed by atoms with Crippen LogP contribution < -0.4 is 16.4 Å². The van der Waals surface area contributed by atoms with Crippen molar-refractivity contribution in [2.75, 3.05) is 27.5 Å². The molecule has 0 saturated carbocycles. The predicted molar refractivity (Wildman–Crippen MR) is 149 cm³/mol. The van der Waals surface area contributed by atoms with Crippen molar-refractivity contribution >= 4 is 124 Å². The minimum atomic E-state index is -0.171. The fourth-order valence-electron chi connectivity index (χ4n) is 2.04.